The molecule has 0 saturated carbocycles. The van der Waals surface area contributed by atoms with E-state index in [1.165, 1.54) is 18.4 Å². The van der Waals surface area contributed by atoms with Crippen LogP contribution in [0, 0.1) is 0 Å². The van der Waals surface area contributed by atoms with Crippen LogP contribution < -0.4 is 16.0 Å². The molecule has 2 rings (SSSR count). The van der Waals surface area contributed by atoms with E-state index in [1.54, 1.807) is 13.3 Å². The number of pyridine rings is 1. The van der Waals surface area contributed by atoms with Gasteiger partial charge in [-0.15, -0.1) is 0 Å². The maximum absolute atomic E-state index is 5.69. The number of aromatic nitrogens is 1. The van der Waals surface area contributed by atoms with Crippen molar-refractivity contribution in [2.75, 3.05) is 7.11 Å². The van der Waals surface area contributed by atoms with Crippen LogP contribution in [0.25, 0.3) is 0 Å². The van der Waals surface area contributed by atoms with Crippen molar-refractivity contribution in [3.05, 3.63) is 35.5 Å². The largest absolute Gasteiger partial charge is 0.481 e. The Morgan fingerprint density at radius 2 is 2.35 bits per heavy atom. The van der Waals surface area contributed by atoms with Gasteiger partial charge in [0.05, 0.1) is 13.2 Å². The molecule has 4 nitrogen and oxygen atoms in total. The minimum atomic E-state index is 0.0129. The summed E-state index contributed by atoms with van der Waals surface area (Å²) in [5.74, 6) is 6.33. The van der Waals surface area contributed by atoms with Crippen LogP contribution in [-0.2, 0) is 0 Å². The lowest BCUT2D eigenvalue weighted by atomic mass is 9.90. The molecule has 0 saturated heterocycles. The molecule has 1 aliphatic carbocycles. The first-order valence-corrected chi connectivity index (χ1v) is 6.00. The van der Waals surface area contributed by atoms with E-state index in [9.17, 15) is 0 Å². The molecule has 4 heteroatoms. The van der Waals surface area contributed by atoms with Crippen molar-refractivity contribution in [3.63, 3.8) is 0 Å². The molecule has 1 unspecified atom stereocenters. The number of methoxy groups -OCH3 is 1. The first kappa shape index (κ1) is 12.1. The second kappa shape index (κ2) is 5.80. The molecule has 0 aliphatic heterocycles. The summed E-state index contributed by atoms with van der Waals surface area (Å²) in [4.78, 5) is 4.22. The zero-order chi connectivity index (χ0) is 12.1. The molecule has 0 radical (unpaired) electrons. The quantitative estimate of drug-likeness (QED) is 0.475. The zero-order valence-electron chi connectivity index (χ0n) is 10.1. The number of nitrogens with zero attached hydrogens (tertiary/aromatic N) is 1. The number of ether oxygens (including phenoxy) is 1. The summed E-state index contributed by atoms with van der Waals surface area (Å²) >= 11 is 0. The molecule has 92 valence electrons. The van der Waals surface area contributed by atoms with Gasteiger partial charge in [0.15, 0.2) is 0 Å². The minimum Gasteiger partial charge on any atom is -0.481 e. The number of hydrazine groups is 1. The third-order valence-electron chi connectivity index (χ3n) is 3.17. The Balaban J connectivity index is 2.31. The summed E-state index contributed by atoms with van der Waals surface area (Å²) in [5, 5.41) is 0. The van der Waals surface area contributed by atoms with Gasteiger partial charge in [0.1, 0.15) is 0 Å². The number of nitrogens with two attached hydrogens (primary N) is 1. The monoisotopic (exact) mass is 233 g/mol. The molecule has 17 heavy (non-hydrogen) atoms. The highest BCUT2D eigenvalue weighted by Gasteiger charge is 2.20. The number of nitrogens with one attached hydrogen (secondary N) is 1. The minimum absolute atomic E-state index is 0.0129. The summed E-state index contributed by atoms with van der Waals surface area (Å²) < 4.78 is 5.29. The molecule has 1 atom stereocenters. The summed E-state index contributed by atoms with van der Waals surface area (Å²) in [7, 11) is 1.63. The number of allylic oxidation sites excluding steroid dienone is 1. The van der Waals surface area contributed by atoms with Gasteiger partial charge in [0.2, 0.25) is 5.88 Å². The van der Waals surface area contributed by atoms with E-state index < -0.39 is 0 Å². The number of hydrogen-bond acceptors (Lipinski definition) is 4. The van der Waals surface area contributed by atoms with Gasteiger partial charge >= 0.3 is 0 Å². The number of rotatable bonds is 4. The standard InChI is InChI=1S/C13H19N3O/c1-17-13-11(8-5-9-15-13)12(16-14)10-6-3-2-4-7-10/h5-6,8-9,12,16H,2-4,7,14H2,1H3. The van der Waals surface area contributed by atoms with Gasteiger partial charge in [-0.3, -0.25) is 5.84 Å². The van der Waals surface area contributed by atoms with Gasteiger partial charge in [-0.25, -0.2) is 10.4 Å². The van der Waals surface area contributed by atoms with Gasteiger partial charge in [0.25, 0.3) is 0 Å². The van der Waals surface area contributed by atoms with Crippen molar-refractivity contribution in [2.45, 2.75) is 31.7 Å². The molecular weight excluding hydrogens is 214 g/mol. The second-order valence-corrected chi connectivity index (χ2v) is 4.23. The van der Waals surface area contributed by atoms with E-state index in [0.717, 1.165) is 18.4 Å². The van der Waals surface area contributed by atoms with Crippen LogP contribution in [-0.4, -0.2) is 12.1 Å². The van der Waals surface area contributed by atoms with Crippen molar-refractivity contribution in [1.82, 2.24) is 10.4 Å². The molecule has 1 aromatic heterocycles. The highest BCUT2D eigenvalue weighted by molar-refractivity contribution is 5.35. The summed E-state index contributed by atoms with van der Waals surface area (Å²) in [5.41, 5.74) is 5.22. The molecule has 0 bridgehead atoms. The van der Waals surface area contributed by atoms with Crippen molar-refractivity contribution in [2.24, 2.45) is 5.84 Å². The highest BCUT2D eigenvalue weighted by atomic mass is 16.5. The van der Waals surface area contributed by atoms with E-state index in [0.29, 0.717) is 5.88 Å². The third-order valence-corrected chi connectivity index (χ3v) is 3.17. The van der Waals surface area contributed by atoms with Crippen LogP contribution in [0.5, 0.6) is 5.88 Å². The summed E-state index contributed by atoms with van der Waals surface area (Å²) in [6.45, 7) is 0. The molecule has 0 aromatic carbocycles. The van der Waals surface area contributed by atoms with Crippen LogP contribution in [0.2, 0.25) is 0 Å². The maximum Gasteiger partial charge on any atom is 0.218 e. The predicted molar refractivity (Wildman–Crippen MR) is 67.4 cm³/mol. The molecule has 1 aliphatic rings. The smallest absolute Gasteiger partial charge is 0.218 e. The fourth-order valence-corrected chi connectivity index (χ4v) is 2.32. The number of hydrogen-bond donors (Lipinski definition) is 2. The average Bonchev–Trinajstić information content (AvgIpc) is 2.41. The Bertz CT molecular complexity index is 403. The van der Waals surface area contributed by atoms with E-state index in [4.69, 9.17) is 10.6 Å². The lowest BCUT2D eigenvalue weighted by Crippen LogP contribution is -2.30. The SMILES string of the molecule is COc1ncccc1C(NN)C1=CCCCC1. The van der Waals surface area contributed by atoms with Gasteiger partial charge in [-0.2, -0.15) is 0 Å². The van der Waals surface area contributed by atoms with Gasteiger partial charge in [0, 0.05) is 11.8 Å². The summed E-state index contributed by atoms with van der Waals surface area (Å²) in [6.07, 6.45) is 8.73. The third kappa shape index (κ3) is 2.65. The molecule has 1 aromatic rings. The van der Waals surface area contributed by atoms with Crippen molar-refractivity contribution < 1.29 is 4.74 Å². The van der Waals surface area contributed by atoms with Crippen molar-refractivity contribution in [3.8, 4) is 5.88 Å². The van der Waals surface area contributed by atoms with Crippen LogP contribution in [0.15, 0.2) is 30.0 Å². The topological polar surface area (TPSA) is 60.2 Å². The maximum atomic E-state index is 5.69. The first-order valence-electron chi connectivity index (χ1n) is 6.00. The molecule has 3 N–H and O–H groups in total. The molecule has 0 amide bonds. The average molecular weight is 233 g/mol. The van der Waals surface area contributed by atoms with E-state index >= 15 is 0 Å². The molecule has 0 fully saturated rings. The summed E-state index contributed by atoms with van der Waals surface area (Å²) in [6, 6.07) is 3.93. The lowest BCUT2D eigenvalue weighted by Gasteiger charge is -2.23. The van der Waals surface area contributed by atoms with Crippen LogP contribution in [0.4, 0.5) is 0 Å². The Morgan fingerprint density at radius 3 is 3.00 bits per heavy atom. The normalized spacial score (nSPS) is 17.4. The fraction of sp³-hybridized carbons (Fsp3) is 0.462. The van der Waals surface area contributed by atoms with Crippen molar-refractivity contribution in [1.29, 1.82) is 0 Å². The lowest BCUT2D eigenvalue weighted by molar-refractivity contribution is 0.385. The fourth-order valence-electron chi connectivity index (χ4n) is 2.32. The Kier molecular flexibility index (Phi) is 4.12. The van der Waals surface area contributed by atoms with Gasteiger partial charge in [-0.1, -0.05) is 17.7 Å². The van der Waals surface area contributed by atoms with E-state index in [1.807, 2.05) is 12.1 Å². The highest BCUT2D eigenvalue weighted by Crippen LogP contribution is 2.32. The van der Waals surface area contributed by atoms with Crippen LogP contribution >= 0.6 is 0 Å². The Labute approximate surface area is 102 Å². The second-order valence-electron chi connectivity index (χ2n) is 4.23. The Hall–Kier alpha value is -1.39. The first-order chi connectivity index (χ1) is 8.36. The van der Waals surface area contributed by atoms with E-state index in [-0.39, 0.29) is 6.04 Å². The van der Waals surface area contributed by atoms with E-state index in [2.05, 4.69) is 16.5 Å². The van der Waals surface area contributed by atoms with Gasteiger partial charge < -0.3 is 4.74 Å². The Morgan fingerprint density at radius 1 is 1.47 bits per heavy atom. The van der Waals surface area contributed by atoms with Crippen LogP contribution in [0.1, 0.15) is 37.3 Å². The van der Waals surface area contributed by atoms with Crippen molar-refractivity contribution >= 4 is 0 Å². The molecule has 1 heterocycles. The predicted octanol–water partition coefficient (Wildman–Crippen LogP) is 2.09. The zero-order valence-corrected chi connectivity index (χ0v) is 10.1. The van der Waals surface area contributed by atoms with Crippen LogP contribution in [0.3, 0.4) is 0 Å². The molecular formula is C13H19N3O. The van der Waals surface area contributed by atoms with Gasteiger partial charge in [-0.05, 0) is 31.7 Å². The molecule has 0 spiro atoms.